The Morgan fingerprint density at radius 1 is 1.11 bits per heavy atom. The van der Waals surface area contributed by atoms with Crippen LogP contribution in [0, 0.1) is 0 Å². The van der Waals surface area contributed by atoms with Crippen LogP contribution in [0.3, 0.4) is 0 Å². The fourth-order valence-electron chi connectivity index (χ4n) is 4.19. The van der Waals surface area contributed by atoms with Crippen LogP contribution in [0.4, 0.5) is 0 Å². The summed E-state index contributed by atoms with van der Waals surface area (Å²) in [6, 6.07) is 6.52. The highest BCUT2D eigenvalue weighted by molar-refractivity contribution is 5.92. The molecule has 1 amide bonds. The lowest BCUT2D eigenvalue weighted by atomic mass is 9.98. The third kappa shape index (κ3) is 5.49. The lowest BCUT2D eigenvalue weighted by molar-refractivity contribution is -0.117. The van der Waals surface area contributed by atoms with E-state index in [0.717, 1.165) is 31.5 Å². The van der Waals surface area contributed by atoms with Gasteiger partial charge in [-0.2, -0.15) is 0 Å². The smallest absolute Gasteiger partial charge is 0.244 e. The van der Waals surface area contributed by atoms with Crippen molar-refractivity contribution in [1.82, 2.24) is 15.1 Å². The van der Waals surface area contributed by atoms with Gasteiger partial charge in [0.05, 0.1) is 14.2 Å². The molecule has 0 radical (unpaired) electrons. The first-order chi connectivity index (χ1) is 13.6. The number of likely N-dealkylation sites (tertiary alicyclic amines) is 2. The Hall–Kier alpha value is -2.05. The summed E-state index contributed by atoms with van der Waals surface area (Å²) in [6.07, 6.45) is 8.09. The van der Waals surface area contributed by atoms with E-state index in [1.54, 1.807) is 20.3 Å². The van der Waals surface area contributed by atoms with Crippen molar-refractivity contribution in [2.24, 2.45) is 0 Å². The monoisotopic (exact) mass is 387 g/mol. The lowest BCUT2D eigenvalue weighted by Crippen LogP contribution is -2.53. The Morgan fingerprint density at radius 3 is 2.57 bits per heavy atom. The number of piperidine rings is 2. The van der Waals surface area contributed by atoms with Crippen LogP contribution in [-0.2, 0) is 4.79 Å². The van der Waals surface area contributed by atoms with E-state index in [1.165, 1.54) is 25.9 Å². The summed E-state index contributed by atoms with van der Waals surface area (Å²) in [6.45, 7) is 4.46. The molecule has 1 unspecified atom stereocenters. The Bertz CT molecular complexity index is 684. The first-order valence-corrected chi connectivity index (χ1v) is 10.2. The molecule has 0 bridgehead atoms. The molecule has 0 spiro atoms. The van der Waals surface area contributed by atoms with E-state index in [4.69, 9.17) is 9.47 Å². The average molecular weight is 388 g/mol. The first kappa shape index (κ1) is 20.7. The number of ether oxygens (including phenoxy) is 2. The Labute approximate surface area is 168 Å². The molecule has 1 N–H and O–H groups in total. The van der Waals surface area contributed by atoms with Crippen LogP contribution < -0.4 is 14.8 Å². The van der Waals surface area contributed by atoms with Crippen molar-refractivity contribution in [3.05, 3.63) is 29.8 Å². The Kier molecular flexibility index (Phi) is 7.34. The van der Waals surface area contributed by atoms with Crippen molar-refractivity contribution in [3.63, 3.8) is 0 Å². The third-order valence-corrected chi connectivity index (χ3v) is 5.84. The van der Waals surface area contributed by atoms with Crippen molar-refractivity contribution in [2.75, 3.05) is 47.4 Å². The van der Waals surface area contributed by atoms with Crippen molar-refractivity contribution in [1.29, 1.82) is 0 Å². The molecular formula is C22H33N3O3. The van der Waals surface area contributed by atoms with Gasteiger partial charge in [0, 0.05) is 24.7 Å². The predicted molar refractivity (Wildman–Crippen MR) is 112 cm³/mol. The zero-order chi connectivity index (χ0) is 19.9. The molecule has 6 nitrogen and oxygen atoms in total. The number of rotatable bonds is 6. The molecule has 2 aliphatic rings. The molecule has 2 aliphatic heterocycles. The summed E-state index contributed by atoms with van der Waals surface area (Å²) in [5, 5.41) is 3.18. The number of benzene rings is 1. The highest BCUT2D eigenvalue weighted by Gasteiger charge is 2.28. The second-order valence-electron chi connectivity index (χ2n) is 7.82. The molecule has 0 saturated carbocycles. The van der Waals surface area contributed by atoms with E-state index in [-0.39, 0.29) is 11.9 Å². The standard InChI is InChI=1S/C22H33N3O3/c1-24-13-10-19(11-14-24)25-12-4-5-18(16-25)23-22(26)9-7-17-6-8-20(27-2)21(15-17)28-3/h6-9,15,18-19H,4-5,10-14,16H2,1-3H3,(H,23,26). The van der Waals surface area contributed by atoms with Gasteiger partial charge >= 0.3 is 0 Å². The molecule has 3 rings (SSSR count). The van der Waals surface area contributed by atoms with E-state index < -0.39 is 0 Å². The zero-order valence-electron chi connectivity index (χ0n) is 17.3. The fraction of sp³-hybridized carbons (Fsp3) is 0.591. The minimum Gasteiger partial charge on any atom is -0.493 e. The van der Waals surface area contributed by atoms with Crippen molar-refractivity contribution in [2.45, 2.75) is 37.8 Å². The van der Waals surface area contributed by atoms with Crippen LogP contribution in [0.25, 0.3) is 6.08 Å². The molecule has 1 atom stereocenters. The third-order valence-electron chi connectivity index (χ3n) is 5.84. The molecular weight excluding hydrogens is 354 g/mol. The summed E-state index contributed by atoms with van der Waals surface area (Å²) >= 11 is 0. The van der Waals surface area contributed by atoms with Crippen LogP contribution in [0.5, 0.6) is 11.5 Å². The van der Waals surface area contributed by atoms with Gasteiger partial charge in [0.25, 0.3) is 0 Å². The SMILES string of the molecule is COc1ccc(C=CC(=O)NC2CCCN(C3CCN(C)CC3)C2)cc1OC. The summed E-state index contributed by atoms with van der Waals surface area (Å²) in [5.74, 6) is 1.30. The second kappa shape index (κ2) is 9.94. The highest BCUT2D eigenvalue weighted by atomic mass is 16.5. The van der Waals surface area contributed by atoms with Crippen molar-refractivity contribution < 1.29 is 14.3 Å². The number of amides is 1. The van der Waals surface area contributed by atoms with Gasteiger partial charge < -0.3 is 19.7 Å². The fourth-order valence-corrected chi connectivity index (χ4v) is 4.19. The van der Waals surface area contributed by atoms with E-state index in [2.05, 4.69) is 22.2 Å². The molecule has 28 heavy (non-hydrogen) atoms. The van der Waals surface area contributed by atoms with Crippen LogP contribution in [0.2, 0.25) is 0 Å². The predicted octanol–water partition coefficient (Wildman–Crippen LogP) is 2.39. The maximum atomic E-state index is 12.4. The molecule has 0 aromatic heterocycles. The molecule has 2 fully saturated rings. The van der Waals surface area contributed by atoms with Gasteiger partial charge in [-0.3, -0.25) is 9.69 Å². The van der Waals surface area contributed by atoms with Gasteiger partial charge in [0.2, 0.25) is 5.91 Å². The van der Waals surface area contributed by atoms with Crippen molar-refractivity contribution >= 4 is 12.0 Å². The summed E-state index contributed by atoms with van der Waals surface area (Å²) in [5.41, 5.74) is 0.907. The largest absolute Gasteiger partial charge is 0.493 e. The van der Waals surface area contributed by atoms with Gasteiger partial charge in [-0.15, -0.1) is 0 Å². The quantitative estimate of drug-likeness (QED) is 0.760. The van der Waals surface area contributed by atoms with Gasteiger partial charge in [0.15, 0.2) is 11.5 Å². The summed E-state index contributed by atoms with van der Waals surface area (Å²) < 4.78 is 10.6. The highest BCUT2D eigenvalue weighted by Crippen LogP contribution is 2.28. The van der Waals surface area contributed by atoms with Gasteiger partial charge in [0.1, 0.15) is 0 Å². The molecule has 1 aromatic carbocycles. The van der Waals surface area contributed by atoms with Crippen molar-refractivity contribution in [3.8, 4) is 11.5 Å². The minimum absolute atomic E-state index is 0.0370. The number of hydrogen-bond donors (Lipinski definition) is 1. The number of nitrogens with one attached hydrogen (secondary N) is 1. The normalized spacial score (nSPS) is 22.3. The number of carbonyl (C=O) groups excluding carboxylic acids is 1. The van der Waals surface area contributed by atoms with E-state index in [0.29, 0.717) is 17.5 Å². The van der Waals surface area contributed by atoms with Gasteiger partial charge in [-0.1, -0.05) is 6.07 Å². The number of methoxy groups -OCH3 is 2. The van der Waals surface area contributed by atoms with E-state index >= 15 is 0 Å². The van der Waals surface area contributed by atoms with Crippen LogP contribution in [-0.4, -0.2) is 75.2 Å². The molecule has 154 valence electrons. The maximum Gasteiger partial charge on any atom is 0.244 e. The van der Waals surface area contributed by atoms with Crippen LogP contribution >= 0.6 is 0 Å². The van der Waals surface area contributed by atoms with Crippen LogP contribution in [0.15, 0.2) is 24.3 Å². The van der Waals surface area contributed by atoms with E-state index in [1.807, 2.05) is 24.3 Å². The summed E-state index contributed by atoms with van der Waals surface area (Å²) in [7, 11) is 5.41. The minimum atomic E-state index is -0.0370. The van der Waals surface area contributed by atoms with E-state index in [9.17, 15) is 4.79 Å². The number of carbonyl (C=O) groups is 1. The molecule has 2 heterocycles. The number of hydrogen-bond acceptors (Lipinski definition) is 5. The average Bonchev–Trinajstić information content (AvgIpc) is 2.72. The topological polar surface area (TPSA) is 54.0 Å². The van der Waals surface area contributed by atoms with Gasteiger partial charge in [-0.05, 0) is 76.1 Å². The van der Waals surface area contributed by atoms with Gasteiger partial charge in [-0.25, -0.2) is 0 Å². The second-order valence-corrected chi connectivity index (χ2v) is 7.82. The zero-order valence-corrected chi connectivity index (χ0v) is 17.3. The maximum absolute atomic E-state index is 12.4. The van der Waals surface area contributed by atoms with Crippen LogP contribution in [0.1, 0.15) is 31.2 Å². The molecule has 1 aromatic rings. The number of nitrogens with zero attached hydrogens (tertiary/aromatic N) is 2. The summed E-state index contributed by atoms with van der Waals surface area (Å²) in [4.78, 5) is 17.4. The molecule has 2 saturated heterocycles. The molecule has 0 aliphatic carbocycles. The Morgan fingerprint density at radius 2 is 1.86 bits per heavy atom. The Balaban J connectivity index is 1.52. The first-order valence-electron chi connectivity index (χ1n) is 10.2. The molecule has 6 heteroatoms. The lowest BCUT2D eigenvalue weighted by Gasteiger charge is -2.41.